The molecule has 0 radical (unpaired) electrons. The fourth-order valence-electron chi connectivity index (χ4n) is 2.34. The molecule has 0 N–H and O–H groups in total. The van der Waals surface area contributed by atoms with Crippen molar-refractivity contribution in [1.29, 1.82) is 0 Å². The van der Waals surface area contributed by atoms with Gasteiger partial charge in [0.2, 0.25) is 0 Å². The van der Waals surface area contributed by atoms with Crippen molar-refractivity contribution in [3.63, 3.8) is 0 Å². The minimum absolute atomic E-state index is 0.0891. The number of carbonyl (C=O) groups excluding carboxylic acids is 1. The van der Waals surface area contributed by atoms with Gasteiger partial charge in [-0.25, -0.2) is 0 Å². The summed E-state index contributed by atoms with van der Waals surface area (Å²) in [5, 5.41) is 0. The van der Waals surface area contributed by atoms with Gasteiger partial charge in [-0.05, 0) is 55.0 Å². The van der Waals surface area contributed by atoms with Crippen molar-refractivity contribution in [3.05, 3.63) is 71.8 Å². The summed E-state index contributed by atoms with van der Waals surface area (Å²) in [5.41, 5.74) is 2.34. The van der Waals surface area contributed by atoms with Crippen LogP contribution in [0, 0.1) is 6.92 Å². The standard InChI is InChI=1S/C21H22O4/c1-5-12-25-18-9-7-17(8-10-18)19(22)11-6-16-13-20(23-3)15(2)21(14-16)24-4/h5-11,13-14H,1,12H2,2-4H3/b11-6+. The van der Waals surface area contributed by atoms with Gasteiger partial charge >= 0.3 is 0 Å². The fourth-order valence-corrected chi connectivity index (χ4v) is 2.34. The first-order chi connectivity index (χ1) is 12.1. The minimum Gasteiger partial charge on any atom is -0.496 e. The highest BCUT2D eigenvalue weighted by Crippen LogP contribution is 2.30. The first-order valence-electron chi connectivity index (χ1n) is 7.87. The first-order valence-corrected chi connectivity index (χ1v) is 7.87. The highest BCUT2D eigenvalue weighted by Gasteiger charge is 2.08. The minimum atomic E-state index is -0.0891. The van der Waals surface area contributed by atoms with E-state index in [1.165, 1.54) is 6.08 Å². The van der Waals surface area contributed by atoms with Crippen molar-refractivity contribution < 1.29 is 19.0 Å². The zero-order chi connectivity index (χ0) is 18.2. The summed E-state index contributed by atoms with van der Waals surface area (Å²) in [6.45, 7) is 5.96. The molecule has 2 rings (SSSR count). The maximum atomic E-state index is 12.3. The molecule has 0 fully saturated rings. The maximum absolute atomic E-state index is 12.3. The summed E-state index contributed by atoms with van der Waals surface area (Å²) < 4.78 is 16.1. The number of rotatable bonds is 8. The van der Waals surface area contributed by atoms with E-state index < -0.39 is 0 Å². The number of ether oxygens (including phenoxy) is 3. The SMILES string of the molecule is C=CCOc1ccc(C(=O)/C=C/c2cc(OC)c(C)c(OC)c2)cc1. The molecule has 0 saturated heterocycles. The second kappa shape index (κ2) is 8.73. The monoisotopic (exact) mass is 338 g/mol. The van der Waals surface area contributed by atoms with Crippen molar-refractivity contribution in [3.8, 4) is 17.2 Å². The summed E-state index contributed by atoms with van der Waals surface area (Å²) in [6.07, 6.45) is 4.95. The third-order valence-electron chi connectivity index (χ3n) is 3.71. The third kappa shape index (κ3) is 4.73. The molecule has 0 bridgehead atoms. The summed E-state index contributed by atoms with van der Waals surface area (Å²) in [4.78, 5) is 12.3. The highest BCUT2D eigenvalue weighted by molar-refractivity contribution is 6.06. The van der Waals surface area contributed by atoms with E-state index in [2.05, 4.69) is 6.58 Å². The van der Waals surface area contributed by atoms with Crippen LogP contribution in [0.1, 0.15) is 21.5 Å². The van der Waals surface area contributed by atoms with Crippen LogP contribution in [-0.2, 0) is 0 Å². The molecule has 0 aliphatic rings. The quantitative estimate of drug-likeness (QED) is 0.405. The van der Waals surface area contributed by atoms with Crippen LogP contribution >= 0.6 is 0 Å². The van der Waals surface area contributed by atoms with Crippen LogP contribution in [0.3, 0.4) is 0 Å². The Morgan fingerprint density at radius 2 is 1.68 bits per heavy atom. The number of methoxy groups -OCH3 is 2. The second-order valence-electron chi connectivity index (χ2n) is 5.37. The Morgan fingerprint density at radius 3 is 2.20 bits per heavy atom. The van der Waals surface area contributed by atoms with Gasteiger partial charge in [0.1, 0.15) is 23.9 Å². The first kappa shape index (κ1) is 18.3. The van der Waals surface area contributed by atoms with Crippen LogP contribution in [0.5, 0.6) is 17.2 Å². The molecule has 2 aromatic carbocycles. The van der Waals surface area contributed by atoms with Gasteiger partial charge in [0.15, 0.2) is 5.78 Å². The van der Waals surface area contributed by atoms with Gasteiger partial charge in [-0.15, -0.1) is 0 Å². The molecule has 25 heavy (non-hydrogen) atoms. The van der Waals surface area contributed by atoms with E-state index in [-0.39, 0.29) is 5.78 Å². The molecule has 0 unspecified atom stereocenters. The summed E-state index contributed by atoms with van der Waals surface area (Å²) >= 11 is 0. The number of hydrogen-bond acceptors (Lipinski definition) is 4. The molecule has 4 nitrogen and oxygen atoms in total. The predicted octanol–water partition coefficient (Wildman–Crippen LogP) is 4.47. The van der Waals surface area contributed by atoms with Gasteiger partial charge in [-0.3, -0.25) is 4.79 Å². The molecule has 0 saturated carbocycles. The summed E-state index contributed by atoms with van der Waals surface area (Å²) in [6, 6.07) is 10.7. The predicted molar refractivity (Wildman–Crippen MR) is 99.8 cm³/mol. The lowest BCUT2D eigenvalue weighted by molar-refractivity contribution is 0.104. The Hall–Kier alpha value is -3.01. The Bertz CT molecular complexity index is 748. The smallest absolute Gasteiger partial charge is 0.185 e. The van der Waals surface area contributed by atoms with Crippen molar-refractivity contribution in [2.24, 2.45) is 0 Å². The Balaban J connectivity index is 2.15. The highest BCUT2D eigenvalue weighted by atomic mass is 16.5. The molecule has 0 spiro atoms. The average Bonchev–Trinajstić information content (AvgIpc) is 2.65. The number of hydrogen-bond donors (Lipinski definition) is 0. The van der Waals surface area contributed by atoms with Gasteiger partial charge in [0, 0.05) is 11.1 Å². The number of carbonyl (C=O) groups is 1. The largest absolute Gasteiger partial charge is 0.496 e. The molecule has 0 aromatic heterocycles. The lowest BCUT2D eigenvalue weighted by Gasteiger charge is -2.10. The number of benzene rings is 2. The molecular weight excluding hydrogens is 316 g/mol. The van der Waals surface area contributed by atoms with Crippen LogP contribution in [-0.4, -0.2) is 26.6 Å². The molecule has 130 valence electrons. The molecule has 0 atom stereocenters. The Morgan fingerprint density at radius 1 is 1.08 bits per heavy atom. The van der Waals surface area contributed by atoms with Crippen molar-refractivity contribution in [2.75, 3.05) is 20.8 Å². The van der Waals surface area contributed by atoms with E-state index in [0.717, 1.165) is 22.6 Å². The van der Waals surface area contributed by atoms with E-state index in [0.29, 0.717) is 17.9 Å². The lowest BCUT2D eigenvalue weighted by Crippen LogP contribution is -1.97. The van der Waals surface area contributed by atoms with E-state index in [1.807, 2.05) is 19.1 Å². The molecule has 0 aliphatic heterocycles. The number of allylic oxidation sites excluding steroid dienone is 1. The van der Waals surface area contributed by atoms with E-state index >= 15 is 0 Å². The van der Waals surface area contributed by atoms with Crippen LogP contribution in [0.15, 0.2) is 55.1 Å². The van der Waals surface area contributed by atoms with Crippen molar-refractivity contribution in [1.82, 2.24) is 0 Å². The van der Waals surface area contributed by atoms with Crippen LogP contribution in [0.4, 0.5) is 0 Å². The second-order valence-corrected chi connectivity index (χ2v) is 5.37. The van der Waals surface area contributed by atoms with Gasteiger partial charge in [-0.1, -0.05) is 18.7 Å². The molecule has 0 aliphatic carbocycles. The fraction of sp³-hybridized carbons (Fsp3) is 0.190. The molecule has 4 heteroatoms. The summed E-state index contributed by atoms with van der Waals surface area (Å²) in [5.74, 6) is 2.05. The maximum Gasteiger partial charge on any atom is 0.185 e. The Kier molecular flexibility index (Phi) is 6.40. The average molecular weight is 338 g/mol. The van der Waals surface area contributed by atoms with E-state index in [1.54, 1.807) is 50.6 Å². The van der Waals surface area contributed by atoms with E-state index in [4.69, 9.17) is 14.2 Å². The number of ketones is 1. The van der Waals surface area contributed by atoms with Gasteiger partial charge in [0.25, 0.3) is 0 Å². The van der Waals surface area contributed by atoms with Crippen molar-refractivity contribution in [2.45, 2.75) is 6.92 Å². The van der Waals surface area contributed by atoms with E-state index in [9.17, 15) is 4.79 Å². The summed E-state index contributed by atoms with van der Waals surface area (Å²) in [7, 11) is 3.22. The zero-order valence-corrected chi connectivity index (χ0v) is 14.7. The van der Waals surface area contributed by atoms with Gasteiger partial charge < -0.3 is 14.2 Å². The molecule has 0 amide bonds. The zero-order valence-electron chi connectivity index (χ0n) is 14.7. The third-order valence-corrected chi connectivity index (χ3v) is 3.71. The van der Waals surface area contributed by atoms with Gasteiger partial charge in [0.05, 0.1) is 14.2 Å². The molecule has 2 aromatic rings. The van der Waals surface area contributed by atoms with Crippen molar-refractivity contribution >= 4 is 11.9 Å². The Labute approximate surface area is 148 Å². The van der Waals surface area contributed by atoms with Crippen LogP contribution in [0.25, 0.3) is 6.08 Å². The lowest BCUT2D eigenvalue weighted by atomic mass is 10.1. The normalized spacial score (nSPS) is 10.5. The van der Waals surface area contributed by atoms with Crippen LogP contribution in [0.2, 0.25) is 0 Å². The topological polar surface area (TPSA) is 44.8 Å². The molecular formula is C21H22O4. The molecule has 0 heterocycles. The van der Waals surface area contributed by atoms with Gasteiger partial charge in [-0.2, -0.15) is 0 Å². The van der Waals surface area contributed by atoms with Crippen LogP contribution < -0.4 is 14.2 Å².